The van der Waals surface area contributed by atoms with Crippen LogP contribution in [0.1, 0.15) is 10.4 Å². The maximum absolute atomic E-state index is 12.5. The number of rotatable bonds is 4. The SMILES string of the molecule is O=C(C[NH+]1CCN(C(=O)c2cccc(Cl)c2)CC1)Nc1ccccc1Cl. The van der Waals surface area contributed by atoms with E-state index in [2.05, 4.69) is 5.32 Å². The van der Waals surface area contributed by atoms with Crippen molar-refractivity contribution >= 4 is 40.7 Å². The molecule has 1 aliphatic rings. The molecule has 0 saturated carbocycles. The Morgan fingerprint density at radius 1 is 1.04 bits per heavy atom. The number of nitrogens with one attached hydrogen (secondary N) is 2. The first kappa shape index (κ1) is 18.7. The Bertz CT molecular complexity index is 805. The highest BCUT2D eigenvalue weighted by atomic mass is 35.5. The summed E-state index contributed by atoms with van der Waals surface area (Å²) in [5, 5.41) is 3.91. The number of hydrogen-bond acceptors (Lipinski definition) is 2. The number of amides is 2. The van der Waals surface area contributed by atoms with Crippen LogP contribution in [-0.4, -0.2) is 49.4 Å². The van der Waals surface area contributed by atoms with Gasteiger partial charge in [-0.25, -0.2) is 0 Å². The van der Waals surface area contributed by atoms with Gasteiger partial charge in [0.05, 0.1) is 36.9 Å². The molecule has 1 fully saturated rings. The molecule has 2 aromatic rings. The predicted octanol–water partition coefficient (Wildman–Crippen LogP) is 1.97. The first-order valence-electron chi connectivity index (χ1n) is 8.46. The number of anilines is 1. The topological polar surface area (TPSA) is 53.9 Å². The van der Waals surface area contributed by atoms with Gasteiger partial charge in [0.2, 0.25) is 0 Å². The average Bonchev–Trinajstić information content (AvgIpc) is 2.64. The van der Waals surface area contributed by atoms with Gasteiger partial charge in [0.15, 0.2) is 6.54 Å². The number of piperazine rings is 1. The van der Waals surface area contributed by atoms with Crippen molar-refractivity contribution in [3.8, 4) is 0 Å². The largest absolute Gasteiger partial charge is 0.327 e. The van der Waals surface area contributed by atoms with E-state index in [1.54, 1.807) is 41.3 Å². The molecule has 0 unspecified atom stereocenters. The third kappa shape index (κ3) is 4.75. The summed E-state index contributed by atoms with van der Waals surface area (Å²) < 4.78 is 0. The summed E-state index contributed by atoms with van der Waals surface area (Å²) in [5.41, 5.74) is 1.21. The van der Waals surface area contributed by atoms with E-state index in [0.717, 1.165) is 18.0 Å². The Balaban J connectivity index is 1.50. The minimum Gasteiger partial charge on any atom is -0.327 e. The zero-order valence-corrected chi connectivity index (χ0v) is 15.7. The second kappa shape index (κ2) is 8.54. The Morgan fingerprint density at radius 3 is 2.46 bits per heavy atom. The van der Waals surface area contributed by atoms with E-state index in [-0.39, 0.29) is 11.8 Å². The van der Waals surface area contributed by atoms with Gasteiger partial charge in [-0.05, 0) is 30.3 Å². The molecule has 0 radical (unpaired) electrons. The van der Waals surface area contributed by atoms with Gasteiger partial charge in [-0.3, -0.25) is 9.59 Å². The molecule has 0 aromatic heterocycles. The summed E-state index contributed by atoms with van der Waals surface area (Å²) in [6.45, 7) is 3.02. The van der Waals surface area contributed by atoms with Gasteiger partial charge in [-0.1, -0.05) is 41.4 Å². The number of halogens is 2. The van der Waals surface area contributed by atoms with E-state index in [1.165, 1.54) is 0 Å². The molecule has 1 heterocycles. The fourth-order valence-electron chi connectivity index (χ4n) is 2.99. The average molecular weight is 393 g/mol. The maximum Gasteiger partial charge on any atom is 0.279 e. The highest BCUT2D eigenvalue weighted by molar-refractivity contribution is 6.33. The molecule has 3 rings (SSSR count). The van der Waals surface area contributed by atoms with Gasteiger partial charge in [0, 0.05) is 10.6 Å². The first-order valence-corrected chi connectivity index (χ1v) is 9.21. The van der Waals surface area contributed by atoms with Crippen LogP contribution in [-0.2, 0) is 4.79 Å². The van der Waals surface area contributed by atoms with Crippen LogP contribution >= 0.6 is 23.2 Å². The molecule has 136 valence electrons. The number of nitrogens with zero attached hydrogens (tertiary/aromatic N) is 1. The first-order chi connectivity index (χ1) is 12.5. The zero-order valence-electron chi connectivity index (χ0n) is 14.2. The Hall–Kier alpha value is -2.08. The highest BCUT2D eigenvalue weighted by Gasteiger charge is 2.26. The molecule has 2 aromatic carbocycles. The van der Waals surface area contributed by atoms with Crippen molar-refractivity contribution in [2.75, 3.05) is 38.0 Å². The second-order valence-corrected chi connectivity index (χ2v) is 7.10. The zero-order chi connectivity index (χ0) is 18.5. The number of hydrogen-bond donors (Lipinski definition) is 2. The van der Waals surface area contributed by atoms with Crippen LogP contribution in [0.3, 0.4) is 0 Å². The van der Waals surface area contributed by atoms with Gasteiger partial charge >= 0.3 is 0 Å². The molecule has 5 nitrogen and oxygen atoms in total. The minimum atomic E-state index is -0.0808. The fraction of sp³-hybridized carbons (Fsp3) is 0.263. The molecule has 2 N–H and O–H groups in total. The summed E-state index contributed by atoms with van der Waals surface area (Å²) in [7, 11) is 0. The predicted molar refractivity (Wildman–Crippen MR) is 103 cm³/mol. The monoisotopic (exact) mass is 392 g/mol. The number of carbonyl (C=O) groups excluding carboxylic acids is 2. The molecular weight excluding hydrogens is 373 g/mol. The van der Waals surface area contributed by atoms with E-state index in [9.17, 15) is 9.59 Å². The van der Waals surface area contributed by atoms with Gasteiger partial charge in [-0.15, -0.1) is 0 Å². The van der Waals surface area contributed by atoms with Crippen molar-refractivity contribution in [1.29, 1.82) is 0 Å². The lowest BCUT2D eigenvalue weighted by Gasteiger charge is -2.32. The van der Waals surface area contributed by atoms with Gasteiger partial charge in [0.25, 0.3) is 11.8 Å². The van der Waals surface area contributed by atoms with Crippen molar-refractivity contribution in [3.05, 3.63) is 64.1 Å². The summed E-state index contributed by atoms with van der Waals surface area (Å²) >= 11 is 12.0. The number of para-hydroxylation sites is 1. The molecule has 1 aliphatic heterocycles. The third-order valence-corrected chi connectivity index (χ3v) is 4.95. The normalized spacial score (nSPS) is 14.9. The molecule has 26 heavy (non-hydrogen) atoms. The highest BCUT2D eigenvalue weighted by Crippen LogP contribution is 2.20. The number of benzene rings is 2. The summed E-state index contributed by atoms with van der Waals surface area (Å²) in [6.07, 6.45) is 0. The van der Waals surface area contributed by atoms with E-state index in [1.807, 2.05) is 12.1 Å². The standard InChI is InChI=1S/C19H19Cl2N3O2/c20-15-5-3-4-14(12-15)19(26)24-10-8-23(9-11-24)13-18(25)22-17-7-2-1-6-16(17)21/h1-7,12H,8-11,13H2,(H,22,25)/p+1. The van der Waals surface area contributed by atoms with Crippen LogP contribution in [0.2, 0.25) is 10.0 Å². The van der Waals surface area contributed by atoms with Gasteiger partial charge < -0.3 is 15.1 Å². The van der Waals surface area contributed by atoms with Crippen molar-refractivity contribution in [1.82, 2.24) is 4.90 Å². The van der Waals surface area contributed by atoms with E-state index < -0.39 is 0 Å². The molecule has 0 spiro atoms. The lowest BCUT2D eigenvalue weighted by molar-refractivity contribution is -0.895. The molecule has 2 amide bonds. The quantitative estimate of drug-likeness (QED) is 0.835. The molecule has 0 aliphatic carbocycles. The molecule has 7 heteroatoms. The second-order valence-electron chi connectivity index (χ2n) is 6.26. The van der Waals surface area contributed by atoms with Crippen LogP contribution in [0, 0.1) is 0 Å². The molecule has 0 bridgehead atoms. The van der Waals surface area contributed by atoms with Crippen LogP contribution in [0.5, 0.6) is 0 Å². The van der Waals surface area contributed by atoms with Crippen LogP contribution in [0.15, 0.2) is 48.5 Å². The summed E-state index contributed by atoms with van der Waals surface area (Å²) in [4.78, 5) is 27.7. The van der Waals surface area contributed by atoms with Crippen LogP contribution < -0.4 is 10.2 Å². The van der Waals surface area contributed by atoms with E-state index in [4.69, 9.17) is 23.2 Å². The van der Waals surface area contributed by atoms with Gasteiger partial charge in [-0.2, -0.15) is 0 Å². The van der Waals surface area contributed by atoms with Crippen molar-refractivity contribution < 1.29 is 14.5 Å². The van der Waals surface area contributed by atoms with Gasteiger partial charge in [0.1, 0.15) is 0 Å². The number of carbonyl (C=O) groups is 2. The minimum absolute atomic E-state index is 0.0212. The summed E-state index contributed by atoms with van der Waals surface area (Å²) in [5.74, 6) is -0.102. The Kier molecular flexibility index (Phi) is 6.14. The number of quaternary nitrogens is 1. The Labute approximate surface area is 162 Å². The van der Waals surface area contributed by atoms with Crippen LogP contribution in [0.25, 0.3) is 0 Å². The van der Waals surface area contributed by atoms with Crippen LogP contribution in [0.4, 0.5) is 5.69 Å². The van der Waals surface area contributed by atoms with E-state index in [0.29, 0.717) is 40.9 Å². The molecule has 0 atom stereocenters. The lowest BCUT2D eigenvalue weighted by Crippen LogP contribution is -3.15. The summed E-state index contributed by atoms with van der Waals surface area (Å²) in [6, 6.07) is 14.1. The molecular formula is C19H20Cl2N3O2+. The van der Waals surface area contributed by atoms with Crippen molar-refractivity contribution in [2.24, 2.45) is 0 Å². The lowest BCUT2D eigenvalue weighted by atomic mass is 10.2. The Morgan fingerprint density at radius 2 is 1.77 bits per heavy atom. The maximum atomic E-state index is 12.5. The molecule has 1 saturated heterocycles. The van der Waals surface area contributed by atoms with Crippen molar-refractivity contribution in [3.63, 3.8) is 0 Å². The van der Waals surface area contributed by atoms with Crippen molar-refractivity contribution in [2.45, 2.75) is 0 Å². The third-order valence-electron chi connectivity index (χ3n) is 4.39. The fourth-order valence-corrected chi connectivity index (χ4v) is 3.36. The van der Waals surface area contributed by atoms with E-state index >= 15 is 0 Å². The smallest absolute Gasteiger partial charge is 0.279 e.